The van der Waals surface area contributed by atoms with Crippen LogP contribution in [-0.4, -0.2) is 5.33 Å². The first-order valence-electron chi connectivity index (χ1n) is 3.24. The highest BCUT2D eigenvalue weighted by Gasteiger charge is 2.01. The van der Waals surface area contributed by atoms with Gasteiger partial charge in [-0.05, 0) is 12.1 Å². The Morgan fingerprint density at radius 3 is 2.92 bits per heavy atom. The average molecular weight is 247 g/mol. The van der Waals surface area contributed by atoms with Gasteiger partial charge in [-0.15, -0.1) is 0 Å². The number of alkyl halides is 1. The molecule has 0 aromatic heterocycles. The first kappa shape index (κ1) is 9.57. The fourth-order valence-corrected chi connectivity index (χ4v) is 1.04. The molecular formula is C9H5BrClF. The van der Waals surface area contributed by atoms with Crippen LogP contribution in [0.4, 0.5) is 4.39 Å². The Balaban J connectivity index is 3.08. The summed E-state index contributed by atoms with van der Waals surface area (Å²) < 4.78 is 12.8. The van der Waals surface area contributed by atoms with Gasteiger partial charge in [0.25, 0.3) is 0 Å². The summed E-state index contributed by atoms with van der Waals surface area (Å²) >= 11 is 8.78. The van der Waals surface area contributed by atoms with Gasteiger partial charge in [-0.3, -0.25) is 0 Å². The monoisotopic (exact) mass is 246 g/mol. The summed E-state index contributed by atoms with van der Waals surface area (Å²) in [5.74, 6) is 5.05. The van der Waals surface area contributed by atoms with Crippen molar-refractivity contribution in [2.45, 2.75) is 0 Å². The molecule has 0 aliphatic carbocycles. The maximum absolute atomic E-state index is 12.8. The third-order valence-electron chi connectivity index (χ3n) is 1.24. The van der Waals surface area contributed by atoms with Crippen molar-refractivity contribution in [2.24, 2.45) is 0 Å². The second kappa shape index (κ2) is 4.49. The van der Waals surface area contributed by atoms with E-state index in [1.807, 2.05) is 0 Å². The van der Waals surface area contributed by atoms with E-state index in [2.05, 4.69) is 27.8 Å². The van der Waals surface area contributed by atoms with Crippen LogP contribution in [-0.2, 0) is 0 Å². The largest absolute Gasteiger partial charge is 0.205 e. The van der Waals surface area contributed by atoms with Crippen LogP contribution >= 0.6 is 27.5 Å². The Morgan fingerprint density at radius 2 is 2.25 bits per heavy atom. The van der Waals surface area contributed by atoms with Crippen LogP contribution in [0.2, 0.25) is 5.02 Å². The summed E-state index contributed by atoms with van der Waals surface area (Å²) in [7, 11) is 0. The fraction of sp³-hybridized carbons (Fsp3) is 0.111. The molecule has 0 radical (unpaired) electrons. The van der Waals surface area contributed by atoms with Gasteiger partial charge in [0.2, 0.25) is 0 Å². The smallest absolute Gasteiger partial charge is 0.143 e. The zero-order valence-electron chi connectivity index (χ0n) is 6.07. The van der Waals surface area contributed by atoms with Crippen molar-refractivity contribution in [3.05, 3.63) is 34.6 Å². The molecule has 0 atom stereocenters. The molecule has 3 heteroatoms. The van der Waals surface area contributed by atoms with E-state index in [9.17, 15) is 4.39 Å². The van der Waals surface area contributed by atoms with Crippen molar-refractivity contribution in [1.29, 1.82) is 0 Å². The molecule has 12 heavy (non-hydrogen) atoms. The molecule has 0 N–H and O–H groups in total. The molecule has 1 aromatic rings. The molecule has 0 spiro atoms. The molecule has 0 saturated carbocycles. The van der Waals surface area contributed by atoms with Gasteiger partial charge >= 0.3 is 0 Å². The van der Waals surface area contributed by atoms with Crippen LogP contribution < -0.4 is 0 Å². The number of benzene rings is 1. The molecule has 0 amide bonds. The number of rotatable bonds is 0. The molecule has 0 unspecified atom stereocenters. The Bertz CT molecular complexity index is 338. The summed E-state index contributed by atoms with van der Waals surface area (Å²) in [6.45, 7) is 0. The predicted molar refractivity (Wildman–Crippen MR) is 52.1 cm³/mol. The lowest BCUT2D eigenvalue weighted by molar-refractivity contribution is 0.628. The van der Waals surface area contributed by atoms with E-state index < -0.39 is 5.82 Å². The van der Waals surface area contributed by atoms with E-state index in [1.165, 1.54) is 6.07 Å². The normalized spacial score (nSPS) is 8.92. The van der Waals surface area contributed by atoms with Gasteiger partial charge in [0.05, 0.1) is 10.4 Å². The highest BCUT2D eigenvalue weighted by Crippen LogP contribution is 2.18. The Kier molecular flexibility index (Phi) is 3.58. The molecule has 0 heterocycles. The van der Waals surface area contributed by atoms with Crippen LogP contribution in [0.15, 0.2) is 18.2 Å². The van der Waals surface area contributed by atoms with Crippen molar-refractivity contribution < 1.29 is 4.39 Å². The molecule has 0 fully saturated rings. The maximum Gasteiger partial charge on any atom is 0.143 e. The molecule has 0 bridgehead atoms. The standard InChI is InChI=1S/C9H5BrClF/c10-6-2-4-7-3-1-5-8(12)9(7)11/h1,3,5H,6H2. The number of hydrogen-bond acceptors (Lipinski definition) is 0. The van der Waals surface area contributed by atoms with Gasteiger partial charge in [-0.25, -0.2) is 4.39 Å². The van der Waals surface area contributed by atoms with Crippen molar-refractivity contribution in [3.63, 3.8) is 0 Å². The van der Waals surface area contributed by atoms with E-state index in [4.69, 9.17) is 11.6 Å². The second-order valence-electron chi connectivity index (χ2n) is 2.04. The van der Waals surface area contributed by atoms with Crippen molar-refractivity contribution in [3.8, 4) is 11.8 Å². The minimum atomic E-state index is -0.432. The Morgan fingerprint density at radius 1 is 1.50 bits per heavy atom. The first-order valence-corrected chi connectivity index (χ1v) is 4.74. The lowest BCUT2D eigenvalue weighted by Gasteiger charge is -1.95. The molecule has 1 aromatic carbocycles. The van der Waals surface area contributed by atoms with Crippen molar-refractivity contribution in [2.75, 3.05) is 5.33 Å². The van der Waals surface area contributed by atoms with Crippen molar-refractivity contribution in [1.82, 2.24) is 0 Å². The lowest BCUT2D eigenvalue weighted by atomic mass is 10.2. The summed E-state index contributed by atoms with van der Waals surface area (Å²) in [4.78, 5) is 0. The van der Waals surface area contributed by atoms with E-state index in [-0.39, 0.29) is 5.02 Å². The SMILES string of the molecule is Fc1cccc(C#CCBr)c1Cl. The minimum Gasteiger partial charge on any atom is -0.205 e. The predicted octanol–water partition coefficient (Wildman–Crippen LogP) is 3.23. The molecule has 0 saturated heterocycles. The Hall–Kier alpha value is -0.520. The minimum absolute atomic E-state index is 0.0888. The van der Waals surface area contributed by atoms with Crippen LogP contribution in [0, 0.1) is 17.7 Å². The van der Waals surface area contributed by atoms with E-state index in [0.29, 0.717) is 10.9 Å². The highest BCUT2D eigenvalue weighted by molar-refractivity contribution is 9.09. The molecule has 1 rings (SSSR count). The molecule has 0 aliphatic rings. The quantitative estimate of drug-likeness (QED) is 0.488. The number of hydrogen-bond donors (Lipinski definition) is 0. The van der Waals surface area contributed by atoms with Gasteiger partial charge < -0.3 is 0 Å². The summed E-state index contributed by atoms with van der Waals surface area (Å²) in [5.41, 5.74) is 0.524. The van der Waals surface area contributed by atoms with Gasteiger partial charge in [-0.1, -0.05) is 45.4 Å². The van der Waals surface area contributed by atoms with Crippen LogP contribution in [0.3, 0.4) is 0 Å². The van der Waals surface area contributed by atoms with Crippen LogP contribution in [0.1, 0.15) is 5.56 Å². The van der Waals surface area contributed by atoms with Gasteiger partial charge in [0.1, 0.15) is 5.82 Å². The zero-order chi connectivity index (χ0) is 8.97. The van der Waals surface area contributed by atoms with E-state index >= 15 is 0 Å². The third-order valence-corrected chi connectivity index (χ3v) is 1.91. The van der Waals surface area contributed by atoms with Gasteiger partial charge in [0, 0.05) is 5.56 Å². The van der Waals surface area contributed by atoms with Crippen molar-refractivity contribution >= 4 is 27.5 Å². The average Bonchev–Trinajstić information content (AvgIpc) is 2.08. The first-order chi connectivity index (χ1) is 5.75. The van der Waals surface area contributed by atoms with E-state index in [1.54, 1.807) is 12.1 Å². The molecule has 62 valence electrons. The molecule has 0 nitrogen and oxygen atoms in total. The number of halogens is 3. The third kappa shape index (κ3) is 2.23. The zero-order valence-corrected chi connectivity index (χ0v) is 8.41. The van der Waals surface area contributed by atoms with Crippen LogP contribution in [0.5, 0.6) is 0 Å². The van der Waals surface area contributed by atoms with Gasteiger partial charge in [0.15, 0.2) is 0 Å². The highest BCUT2D eigenvalue weighted by atomic mass is 79.9. The second-order valence-corrected chi connectivity index (χ2v) is 2.98. The summed E-state index contributed by atoms with van der Waals surface area (Å²) in [5, 5.41) is 0.644. The van der Waals surface area contributed by atoms with Gasteiger partial charge in [-0.2, -0.15) is 0 Å². The van der Waals surface area contributed by atoms with E-state index in [0.717, 1.165) is 0 Å². The summed E-state index contributed by atoms with van der Waals surface area (Å²) in [6, 6.07) is 4.57. The molecular weight excluding hydrogens is 242 g/mol. The maximum atomic E-state index is 12.8. The molecule has 0 aliphatic heterocycles. The topological polar surface area (TPSA) is 0 Å². The summed E-state index contributed by atoms with van der Waals surface area (Å²) in [6.07, 6.45) is 0. The lowest BCUT2D eigenvalue weighted by Crippen LogP contribution is -1.81. The fourth-order valence-electron chi connectivity index (χ4n) is 0.729. The van der Waals surface area contributed by atoms with Crippen LogP contribution in [0.25, 0.3) is 0 Å². The Labute approximate surface area is 83.9 Å².